The first-order chi connectivity index (χ1) is 9.10. The zero-order chi connectivity index (χ0) is 15.3. The summed E-state index contributed by atoms with van der Waals surface area (Å²) in [6.45, 7) is 12.4. The SMILES string of the molecule is CC(C)c1nnsc1C(=O)NC1C(C)(C)C(N)C1(C)C. The molecule has 0 radical (unpaired) electrons. The van der Waals surface area contributed by atoms with E-state index < -0.39 is 0 Å². The molecule has 0 atom stereocenters. The van der Waals surface area contributed by atoms with E-state index in [9.17, 15) is 4.79 Å². The summed E-state index contributed by atoms with van der Waals surface area (Å²) in [5.74, 6) is 0.112. The van der Waals surface area contributed by atoms with Gasteiger partial charge in [-0.1, -0.05) is 46.0 Å². The minimum atomic E-state index is -0.102. The standard InChI is InChI=1S/C14H24N4OS/c1-7(2)8-9(20-18-17-8)10(19)16-12-13(3,4)11(15)14(12,5)6/h7,11-12H,15H2,1-6H3,(H,16,19). The molecule has 1 saturated carbocycles. The lowest BCUT2D eigenvalue weighted by molar-refractivity contribution is -0.0663. The average molecular weight is 296 g/mol. The summed E-state index contributed by atoms with van der Waals surface area (Å²) >= 11 is 1.16. The summed E-state index contributed by atoms with van der Waals surface area (Å²) in [4.78, 5) is 13.1. The number of carbonyl (C=O) groups excluding carboxylic acids is 1. The quantitative estimate of drug-likeness (QED) is 0.895. The highest BCUT2D eigenvalue weighted by molar-refractivity contribution is 7.08. The molecule has 1 aromatic heterocycles. The van der Waals surface area contributed by atoms with Gasteiger partial charge in [0, 0.05) is 22.9 Å². The van der Waals surface area contributed by atoms with Gasteiger partial charge in [-0.25, -0.2) is 0 Å². The van der Waals surface area contributed by atoms with Crippen molar-refractivity contribution in [2.75, 3.05) is 0 Å². The van der Waals surface area contributed by atoms with Gasteiger partial charge >= 0.3 is 0 Å². The van der Waals surface area contributed by atoms with Crippen molar-refractivity contribution in [3.63, 3.8) is 0 Å². The molecule has 112 valence electrons. The number of nitrogens with one attached hydrogen (secondary N) is 1. The van der Waals surface area contributed by atoms with Crippen LogP contribution in [0, 0.1) is 10.8 Å². The summed E-state index contributed by atoms with van der Waals surface area (Å²) in [7, 11) is 0. The minimum Gasteiger partial charge on any atom is -0.347 e. The lowest BCUT2D eigenvalue weighted by Gasteiger charge is -2.62. The van der Waals surface area contributed by atoms with Crippen LogP contribution < -0.4 is 11.1 Å². The first-order valence-electron chi connectivity index (χ1n) is 6.98. The van der Waals surface area contributed by atoms with Gasteiger partial charge in [-0.3, -0.25) is 4.79 Å². The van der Waals surface area contributed by atoms with E-state index in [1.165, 1.54) is 0 Å². The van der Waals surface area contributed by atoms with E-state index in [4.69, 9.17) is 5.73 Å². The topological polar surface area (TPSA) is 80.9 Å². The Balaban J connectivity index is 2.18. The maximum Gasteiger partial charge on any atom is 0.265 e. The van der Waals surface area contributed by atoms with Gasteiger partial charge in [0.1, 0.15) is 4.88 Å². The van der Waals surface area contributed by atoms with Crippen LogP contribution in [0.5, 0.6) is 0 Å². The van der Waals surface area contributed by atoms with Crippen LogP contribution in [-0.4, -0.2) is 27.6 Å². The van der Waals surface area contributed by atoms with E-state index in [0.717, 1.165) is 17.2 Å². The fraction of sp³-hybridized carbons (Fsp3) is 0.786. The Morgan fingerprint density at radius 1 is 1.30 bits per heavy atom. The van der Waals surface area contributed by atoms with Crippen molar-refractivity contribution in [1.82, 2.24) is 14.9 Å². The molecular weight excluding hydrogens is 272 g/mol. The van der Waals surface area contributed by atoms with Crippen molar-refractivity contribution >= 4 is 17.4 Å². The van der Waals surface area contributed by atoms with Gasteiger partial charge in [0.25, 0.3) is 5.91 Å². The summed E-state index contributed by atoms with van der Waals surface area (Å²) in [5, 5.41) is 7.20. The fourth-order valence-electron chi connectivity index (χ4n) is 3.48. The minimum absolute atomic E-state index is 0.0552. The number of hydrogen-bond acceptors (Lipinski definition) is 5. The van der Waals surface area contributed by atoms with E-state index in [1.54, 1.807) is 0 Å². The maximum atomic E-state index is 12.5. The smallest absolute Gasteiger partial charge is 0.265 e. The third kappa shape index (κ3) is 2.15. The van der Waals surface area contributed by atoms with Gasteiger partial charge < -0.3 is 11.1 Å². The Morgan fingerprint density at radius 2 is 1.85 bits per heavy atom. The van der Waals surface area contributed by atoms with Gasteiger partial charge in [0.05, 0.1) is 5.69 Å². The molecular formula is C14H24N4OS. The number of rotatable bonds is 3. The molecule has 6 heteroatoms. The molecule has 0 unspecified atom stereocenters. The molecule has 0 spiro atoms. The summed E-state index contributed by atoms with van der Waals surface area (Å²) < 4.78 is 3.91. The molecule has 1 aliphatic carbocycles. The van der Waals surface area contributed by atoms with E-state index in [0.29, 0.717) is 4.88 Å². The molecule has 1 heterocycles. The summed E-state index contributed by atoms with van der Waals surface area (Å²) in [5.41, 5.74) is 6.79. The Hall–Kier alpha value is -1.01. The monoisotopic (exact) mass is 296 g/mol. The summed E-state index contributed by atoms with van der Waals surface area (Å²) in [6, 6.07) is 0.129. The van der Waals surface area contributed by atoms with E-state index in [2.05, 4.69) is 42.6 Å². The first kappa shape index (κ1) is 15.4. The number of amides is 1. The van der Waals surface area contributed by atoms with Crippen LogP contribution in [0.4, 0.5) is 0 Å². The molecule has 20 heavy (non-hydrogen) atoms. The fourth-order valence-corrected chi connectivity index (χ4v) is 4.20. The Morgan fingerprint density at radius 3 is 2.35 bits per heavy atom. The molecule has 1 amide bonds. The van der Waals surface area contributed by atoms with Gasteiger partial charge in [0.15, 0.2) is 0 Å². The zero-order valence-electron chi connectivity index (χ0n) is 13.0. The second-order valence-corrected chi connectivity index (χ2v) is 7.92. The maximum absolute atomic E-state index is 12.5. The molecule has 0 saturated heterocycles. The molecule has 5 nitrogen and oxygen atoms in total. The van der Waals surface area contributed by atoms with E-state index in [-0.39, 0.29) is 34.7 Å². The molecule has 0 aliphatic heterocycles. The van der Waals surface area contributed by atoms with Crippen LogP contribution in [0.2, 0.25) is 0 Å². The van der Waals surface area contributed by atoms with Gasteiger partial charge in [-0.15, -0.1) is 5.10 Å². The van der Waals surface area contributed by atoms with Gasteiger partial charge in [0.2, 0.25) is 0 Å². The lowest BCUT2D eigenvalue weighted by Crippen LogP contribution is -2.76. The Labute approximate surface area is 124 Å². The molecule has 1 fully saturated rings. The van der Waals surface area contributed by atoms with Crippen LogP contribution >= 0.6 is 11.5 Å². The molecule has 2 rings (SSSR count). The third-order valence-corrected chi connectivity index (χ3v) is 5.37. The number of nitrogens with zero attached hydrogens (tertiary/aromatic N) is 2. The van der Waals surface area contributed by atoms with Crippen molar-refractivity contribution in [3.05, 3.63) is 10.6 Å². The highest BCUT2D eigenvalue weighted by Crippen LogP contribution is 2.52. The van der Waals surface area contributed by atoms with Crippen molar-refractivity contribution in [2.45, 2.75) is 59.5 Å². The second kappa shape index (κ2) is 4.77. The molecule has 3 N–H and O–H groups in total. The number of nitrogens with two attached hydrogens (primary N) is 1. The predicted molar refractivity (Wildman–Crippen MR) is 80.8 cm³/mol. The normalized spacial score (nSPS) is 27.2. The highest BCUT2D eigenvalue weighted by Gasteiger charge is 2.60. The highest BCUT2D eigenvalue weighted by atomic mass is 32.1. The largest absolute Gasteiger partial charge is 0.347 e. The molecule has 0 bridgehead atoms. The van der Waals surface area contributed by atoms with Crippen LogP contribution in [0.3, 0.4) is 0 Å². The molecule has 1 aromatic rings. The zero-order valence-corrected chi connectivity index (χ0v) is 13.8. The van der Waals surface area contributed by atoms with Crippen molar-refractivity contribution in [2.24, 2.45) is 16.6 Å². The van der Waals surface area contributed by atoms with Crippen molar-refractivity contribution in [1.29, 1.82) is 0 Å². The number of aromatic nitrogens is 2. The van der Waals surface area contributed by atoms with Crippen LogP contribution in [0.15, 0.2) is 0 Å². The third-order valence-electron chi connectivity index (χ3n) is 4.63. The predicted octanol–water partition coefficient (Wildman–Crippen LogP) is 2.15. The van der Waals surface area contributed by atoms with Crippen molar-refractivity contribution < 1.29 is 4.79 Å². The van der Waals surface area contributed by atoms with Crippen LogP contribution in [-0.2, 0) is 0 Å². The number of carbonyl (C=O) groups is 1. The van der Waals surface area contributed by atoms with Crippen LogP contribution in [0.25, 0.3) is 0 Å². The van der Waals surface area contributed by atoms with E-state index >= 15 is 0 Å². The van der Waals surface area contributed by atoms with Crippen molar-refractivity contribution in [3.8, 4) is 0 Å². The van der Waals surface area contributed by atoms with E-state index in [1.807, 2.05) is 13.8 Å². The van der Waals surface area contributed by atoms with Crippen LogP contribution in [0.1, 0.15) is 62.8 Å². The second-order valence-electron chi connectivity index (χ2n) is 7.17. The Bertz CT molecular complexity index is 505. The lowest BCUT2D eigenvalue weighted by atomic mass is 9.48. The summed E-state index contributed by atoms with van der Waals surface area (Å²) in [6.07, 6.45) is 0. The van der Waals surface area contributed by atoms with Gasteiger partial charge in [-0.2, -0.15) is 0 Å². The first-order valence-corrected chi connectivity index (χ1v) is 7.76. The molecule has 1 aliphatic rings. The van der Waals surface area contributed by atoms with Gasteiger partial charge in [-0.05, 0) is 17.5 Å². The number of hydrogen-bond donors (Lipinski definition) is 2. The average Bonchev–Trinajstić information content (AvgIpc) is 2.83. The Kier molecular flexibility index (Phi) is 3.67. The molecule has 0 aromatic carbocycles.